The van der Waals surface area contributed by atoms with Gasteiger partial charge in [0.05, 0.1) is 12.2 Å². The number of fused-ring (bicyclic) bond motifs is 1. The molecule has 20 heavy (non-hydrogen) atoms. The van der Waals surface area contributed by atoms with Gasteiger partial charge in [0.25, 0.3) is 5.56 Å². The lowest BCUT2D eigenvalue weighted by molar-refractivity contribution is 0.363. The van der Waals surface area contributed by atoms with Crippen LogP contribution < -0.4 is 10.5 Å². The largest absolute Gasteiger partial charge is 0.338 e. The lowest BCUT2D eigenvalue weighted by atomic mass is 10.1. The standard InChI is InChI=1S/C12H13N7O/c1-17-10-9(5-14-17)11(20)16-12(15-10)18-6-8(7-18)19-4-2-3-13-19/h2-5,8H,6-7H2,1H3,(H,15,16,20). The first-order chi connectivity index (χ1) is 9.72. The van der Waals surface area contributed by atoms with Gasteiger partial charge in [-0.25, -0.2) is 0 Å². The molecular weight excluding hydrogens is 258 g/mol. The Hall–Kier alpha value is -2.64. The predicted molar refractivity (Wildman–Crippen MR) is 72.6 cm³/mol. The summed E-state index contributed by atoms with van der Waals surface area (Å²) in [7, 11) is 1.78. The number of aryl methyl sites for hydroxylation is 1. The van der Waals surface area contributed by atoms with Gasteiger partial charge in [0, 0.05) is 32.5 Å². The number of hydrogen-bond donors (Lipinski definition) is 1. The third-order valence-electron chi connectivity index (χ3n) is 3.65. The van der Waals surface area contributed by atoms with Crippen molar-refractivity contribution in [2.45, 2.75) is 6.04 Å². The highest BCUT2D eigenvalue weighted by molar-refractivity contribution is 5.74. The smallest absolute Gasteiger partial charge is 0.263 e. The van der Waals surface area contributed by atoms with E-state index in [-0.39, 0.29) is 5.56 Å². The Balaban J connectivity index is 1.64. The quantitative estimate of drug-likeness (QED) is 0.704. The molecule has 1 fully saturated rings. The zero-order chi connectivity index (χ0) is 13.7. The summed E-state index contributed by atoms with van der Waals surface area (Å²) in [6, 6.07) is 2.24. The van der Waals surface area contributed by atoms with Crippen molar-refractivity contribution in [2.24, 2.45) is 7.05 Å². The zero-order valence-corrected chi connectivity index (χ0v) is 10.9. The molecule has 1 saturated heterocycles. The molecular formula is C12H13N7O. The summed E-state index contributed by atoms with van der Waals surface area (Å²) in [4.78, 5) is 21.3. The van der Waals surface area contributed by atoms with Crippen molar-refractivity contribution >= 4 is 17.0 Å². The fourth-order valence-corrected chi connectivity index (χ4v) is 2.46. The lowest BCUT2D eigenvalue weighted by Gasteiger charge is -2.39. The lowest BCUT2D eigenvalue weighted by Crippen LogP contribution is -2.49. The first kappa shape index (κ1) is 11.2. The third-order valence-corrected chi connectivity index (χ3v) is 3.65. The molecule has 8 nitrogen and oxygen atoms in total. The molecule has 3 aromatic heterocycles. The number of aromatic amines is 1. The van der Waals surface area contributed by atoms with Crippen LogP contribution in [0, 0.1) is 0 Å². The summed E-state index contributed by atoms with van der Waals surface area (Å²) in [5, 5.41) is 8.80. The van der Waals surface area contributed by atoms with Crippen molar-refractivity contribution in [3.05, 3.63) is 35.0 Å². The van der Waals surface area contributed by atoms with Crippen LogP contribution in [0.25, 0.3) is 11.0 Å². The molecule has 4 rings (SSSR count). The second kappa shape index (κ2) is 3.92. The van der Waals surface area contributed by atoms with Gasteiger partial charge in [0.1, 0.15) is 5.39 Å². The summed E-state index contributed by atoms with van der Waals surface area (Å²) < 4.78 is 3.54. The molecule has 0 radical (unpaired) electrons. The average molecular weight is 271 g/mol. The second-order valence-corrected chi connectivity index (χ2v) is 4.94. The summed E-state index contributed by atoms with van der Waals surface area (Å²) >= 11 is 0. The monoisotopic (exact) mass is 271 g/mol. The minimum Gasteiger partial charge on any atom is -0.338 e. The normalized spacial score (nSPS) is 15.8. The maximum atomic E-state index is 12.0. The molecule has 0 bridgehead atoms. The molecule has 0 atom stereocenters. The van der Waals surface area contributed by atoms with Gasteiger partial charge in [-0.1, -0.05) is 0 Å². The Kier molecular flexibility index (Phi) is 2.20. The van der Waals surface area contributed by atoms with Crippen LogP contribution in [0.4, 0.5) is 5.95 Å². The highest BCUT2D eigenvalue weighted by Gasteiger charge is 2.30. The van der Waals surface area contributed by atoms with E-state index in [2.05, 4.69) is 20.2 Å². The van der Waals surface area contributed by atoms with Gasteiger partial charge in [0.15, 0.2) is 5.65 Å². The molecule has 0 spiro atoms. The van der Waals surface area contributed by atoms with E-state index < -0.39 is 0 Å². The van der Waals surface area contributed by atoms with Gasteiger partial charge in [0.2, 0.25) is 5.95 Å². The number of nitrogens with zero attached hydrogens (tertiary/aromatic N) is 6. The molecule has 1 aliphatic rings. The van der Waals surface area contributed by atoms with E-state index in [9.17, 15) is 4.79 Å². The number of anilines is 1. The molecule has 4 heterocycles. The molecule has 0 unspecified atom stereocenters. The van der Waals surface area contributed by atoms with Crippen LogP contribution in [0.1, 0.15) is 6.04 Å². The van der Waals surface area contributed by atoms with Crippen molar-refractivity contribution in [1.29, 1.82) is 0 Å². The molecule has 0 aromatic carbocycles. The number of hydrogen-bond acceptors (Lipinski definition) is 5. The average Bonchev–Trinajstić information content (AvgIpc) is 2.99. The molecule has 1 N–H and O–H groups in total. The molecule has 0 amide bonds. The second-order valence-electron chi connectivity index (χ2n) is 4.94. The van der Waals surface area contributed by atoms with Gasteiger partial charge in [-0.05, 0) is 6.07 Å². The van der Waals surface area contributed by atoms with Gasteiger partial charge in [-0.3, -0.25) is 19.1 Å². The first-order valence-electron chi connectivity index (χ1n) is 6.38. The molecule has 8 heteroatoms. The molecule has 1 aliphatic heterocycles. The Labute approximate surface area is 113 Å². The van der Waals surface area contributed by atoms with Gasteiger partial charge >= 0.3 is 0 Å². The highest BCUT2D eigenvalue weighted by Crippen LogP contribution is 2.24. The van der Waals surface area contributed by atoms with Crippen molar-refractivity contribution in [3.8, 4) is 0 Å². The first-order valence-corrected chi connectivity index (χ1v) is 6.38. The van der Waals surface area contributed by atoms with E-state index in [1.807, 2.05) is 21.8 Å². The molecule has 0 aliphatic carbocycles. The fraction of sp³-hybridized carbons (Fsp3) is 0.333. The van der Waals surface area contributed by atoms with Crippen LogP contribution in [0.5, 0.6) is 0 Å². The van der Waals surface area contributed by atoms with Crippen LogP contribution >= 0.6 is 0 Å². The van der Waals surface area contributed by atoms with Crippen molar-refractivity contribution < 1.29 is 0 Å². The van der Waals surface area contributed by atoms with Crippen LogP contribution in [0.3, 0.4) is 0 Å². The van der Waals surface area contributed by atoms with E-state index in [1.54, 1.807) is 17.9 Å². The Morgan fingerprint density at radius 2 is 2.20 bits per heavy atom. The maximum Gasteiger partial charge on any atom is 0.263 e. The van der Waals surface area contributed by atoms with E-state index in [0.717, 1.165) is 13.1 Å². The van der Waals surface area contributed by atoms with E-state index in [4.69, 9.17) is 0 Å². The Morgan fingerprint density at radius 3 is 2.95 bits per heavy atom. The zero-order valence-electron chi connectivity index (χ0n) is 10.9. The molecule has 3 aromatic rings. The summed E-state index contributed by atoms with van der Waals surface area (Å²) in [6.07, 6.45) is 5.25. The van der Waals surface area contributed by atoms with Gasteiger partial charge in [-0.2, -0.15) is 15.2 Å². The van der Waals surface area contributed by atoms with Crippen LogP contribution in [0.2, 0.25) is 0 Å². The van der Waals surface area contributed by atoms with Crippen molar-refractivity contribution in [2.75, 3.05) is 18.0 Å². The fourth-order valence-electron chi connectivity index (χ4n) is 2.46. The van der Waals surface area contributed by atoms with Gasteiger partial charge < -0.3 is 4.90 Å². The molecule has 102 valence electrons. The van der Waals surface area contributed by atoms with E-state index in [0.29, 0.717) is 23.0 Å². The minimum absolute atomic E-state index is 0.152. The van der Waals surface area contributed by atoms with Crippen LogP contribution in [-0.2, 0) is 7.05 Å². The summed E-state index contributed by atoms with van der Waals surface area (Å²) in [5.74, 6) is 0.592. The van der Waals surface area contributed by atoms with E-state index >= 15 is 0 Å². The number of H-pyrrole nitrogens is 1. The van der Waals surface area contributed by atoms with Crippen molar-refractivity contribution in [3.63, 3.8) is 0 Å². The topological polar surface area (TPSA) is 84.6 Å². The summed E-state index contributed by atoms with van der Waals surface area (Å²) in [6.45, 7) is 1.57. The van der Waals surface area contributed by atoms with Crippen molar-refractivity contribution in [1.82, 2.24) is 29.5 Å². The van der Waals surface area contributed by atoms with Crippen LogP contribution in [-0.4, -0.2) is 42.6 Å². The maximum absolute atomic E-state index is 12.0. The van der Waals surface area contributed by atoms with Crippen LogP contribution in [0.15, 0.2) is 29.5 Å². The Morgan fingerprint density at radius 1 is 1.35 bits per heavy atom. The number of aromatic nitrogens is 6. The number of nitrogens with one attached hydrogen (secondary N) is 1. The summed E-state index contributed by atoms with van der Waals surface area (Å²) in [5.41, 5.74) is 0.451. The van der Waals surface area contributed by atoms with Gasteiger partial charge in [-0.15, -0.1) is 0 Å². The molecule has 0 saturated carbocycles. The van der Waals surface area contributed by atoms with E-state index in [1.165, 1.54) is 6.20 Å². The predicted octanol–water partition coefficient (Wildman–Crippen LogP) is -0.0856. The third kappa shape index (κ3) is 1.54. The SMILES string of the molecule is Cn1ncc2c(=O)[nH]c(N3CC(n4cccn4)C3)nc21. The highest BCUT2D eigenvalue weighted by atomic mass is 16.1. The minimum atomic E-state index is -0.152. The number of rotatable bonds is 2. The Bertz CT molecular complexity index is 810.